The third kappa shape index (κ3) is 5.18. The van der Waals surface area contributed by atoms with Crippen molar-refractivity contribution in [1.29, 1.82) is 0 Å². The largest absolute Gasteiger partial charge is 0.491 e. The summed E-state index contributed by atoms with van der Waals surface area (Å²) in [5, 5.41) is 6.89. The normalized spacial score (nSPS) is 19.2. The Bertz CT molecular complexity index is 672. The number of rotatable bonds is 3. The van der Waals surface area contributed by atoms with Crippen molar-refractivity contribution >= 4 is 12.4 Å². The minimum absolute atomic E-state index is 0.171. The molecule has 1 saturated heterocycles. The third-order valence-electron chi connectivity index (χ3n) is 4.18. The number of halogens is 2. The molecule has 1 atom stereocenters. The van der Waals surface area contributed by atoms with Gasteiger partial charge in [-0.05, 0) is 43.4 Å². The number of likely N-dealkylation sites (tertiary alicyclic amines) is 1. The fourth-order valence-electron chi connectivity index (χ4n) is 3.11. The number of carboxylic acid groups (broad SMARTS) is 1. The van der Waals surface area contributed by atoms with Gasteiger partial charge in [0.2, 0.25) is 5.76 Å². The van der Waals surface area contributed by atoms with Gasteiger partial charge in [0, 0.05) is 19.2 Å². The van der Waals surface area contributed by atoms with Gasteiger partial charge < -0.3 is 19.5 Å². The summed E-state index contributed by atoms with van der Waals surface area (Å²) in [6.45, 7) is 3.46. The molecule has 6 nitrogen and oxygen atoms in total. The van der Waals surface area contributed by atoms with Gasteiger partial charge >= 0.3 is 0 Å². The minimum atomic E-state index is -0.570. The van der Waals surface area contributed by atoms with Crippen molar-refractivity contribution in [3.05, 3.63) is 46.9 Å². The average Bonchev–Trinajstić information content (AvgIpc) is 3.03. The summed E-state index contributed by atoms with van der Waals surface area (Å²) in [5.41, 5.74) is 0.620. The highest BCUT2D eigenvalue weighted by atomic mass is 19.1. The summed E-state index contributed by atoms with van der Waals surface area (Å²) >= 11 is 0. The molecule has 1 aromatic rings. The molecule has 26 heavy (non-hydrogen) atoms. The second-order valence-electron chi connectivity index (χ2n) is 6.08. The van der Waals surface area contributed by atoms with E-state index in [1.807, 2.05) is 0 Å². The summed E-state index contributed by atoms with van der Waals surface area (Å²) in [6.07, 6.45) is 1.35. The van der Waals surface area contributed by atoms with Gasteiger partial charge in [0.05, 0.1) is 0 Å². The second-order valence-corrected chi connectivity index (χ2v) is 6.08. The van der Waals surface area contributed by atoms with Crippen molar-refractivity contribution in [1.82, 2.24) is 4.90 Å². The number of hydrogen-bond acceptors (Lipinski definition) is 4. The lowest BCUT2D eigenvalue weighted by atomic mass is 9.98. The number of allylic oxidation sites excluding steroid dienone is 1. The number of carbonyl (C=O) groups is 2. The van der Waals surface area contributed by atoms with Crippen LogP contribution in [-0.4, -0.2) is 48.7 Å². The first-order valence-corrected chi connectivity index (χ1v) is 8.23. The molecule has 0 saturated carbocycles. The monoisotopic (exact) mass is 369 g/mol. The Labute approximate surface area is 150 Å². The van der Waals surface area contributed by atoms with Crippen LogP contribution in [0.3, 0.4) is 0 Å². The van der Waals surface area contributed by atoms with E-state index in [0.29, 0.717) is 44.0 Å². The molecule has 3 rings (SSSR count). The molecular formula is C18H21F2NO5. The van der Waals surface area contributed by atoms with E-state index in [1.54, 1.807) is 11.8 Å². The molecule has 142 valence electrons. The number of carbonyl (C=O) groups excluding carboxylic acids is 1. The van der Waals surface area contributed by atoms with Crippen molar-refractivity contribution in [2.75, 3.05) is 26.3 Å². The lowest BCUT2D eigenvalue weighted by Crippen LogP contribution is -2.33. The van der Waals surface area contributed by atoms with E-state index in [9.17, 15) is 13.6 Å². The molecule has 0 spiro atoms. The molecular weight excluding hydrogens is 348 g/mol. The zero-order valence-corrected chi connectivity index (χ0v) is 14.4. The van der Waals surface area contributed by atoms with Crippen molar-refractivity contribution in [2.45, 2.75) is 19.8 Å². The first-order valence-electron chi connectivity index (χ1n) is 8.23. The van der Waals surface area contributed by atoms with Gasteiger partial charge in [-0.2, -0.15) is 0 Å². The maximum Gasteiger partial charge on any atom is 0.292 e. The standard InChI is InChI=1S/C17H19F2NO3.CH2O2/c1-11-16(23-5-4-22-11)17(21)20-3-2-12(10-20)6-13-7-14(18)9-15(19)8-13;2-1-3/h7-9,12H,2-6,10H2,1H3;1H,(H,2,3). The van der Waals surface area contributed by atoms with Crippen LogP contribution < -0.4 is 0 Å². The molecule has 1 N–H and O–H groups in total. The Morgan fingerprint density at radius 1 is 1.27 bits per heavy atom. The molecule has 2 heterocycles. The summed E-state index contributed by atoms with van der Waals surface area (Å²) in [6, 6.07) is 3.56. The van der Waals surface area contributed by atoms with Crippen LogP contribution in [0.5, 0.6) is 0 Å². The molecule has 1 fully saturated rings. The first-order chi connectivity index (χ1) is 12.4. The van der Waals surface area contributed by atoms with Gasteiger partial charge in [-0.15, -0.1) is 0 Å². The van der Waals surface area contributed by atoms with E-state index in [-0.39, 0.29) is 24.1 Å². The summed E-state index contributed by atoms with van der Waals surface area (Å²) in [4.78, 5) is 22.5. The highest BCUT2D eigenvalue weighted by Crippen LogP contribution is 2.25. The van der Waals surface area contributed by atoms with Crippen LogP contribution in [0, 0.1) is 17.6 Å². The fraction of sp³-hybridized carbons (Fsp3) is 0.444. The molecule has 1 unspecified atom stereocenters. The van der Waals surface area contributed by atoms with Crippen molar-refractivity contribution in [3.8, 4) is 0 Å². The Kier molecular flexibility index (Phi) is 6.94. The van der Waals surface area contributed by atoms with E-state index in [0.717, 1.165) is 12.5 Å². The number of amides is 1. The van der Waals surface area contributed by atoms with Gasteiger partial charge in [-0.3, -0.25) is 9.59 Å². The molecule has 1 amide bonds. The van der Waals surface area contributed by atoms with Crippen molar-refractivity contribution < 1.29 is 33.0 Å². The van der Waals surface area contributed by atoms with Gasteiger partial charge in [-0.1, -0.05) is 0 Å². The fourth-order valence-corrected chi connectivity index (χ4v) is 3.11. The molecule has 0 radical (unpaired) electrons. The summed E-state index contributed by atoms with van der Waals surface area (Å²) < 4.78 is 37.3. The van der Waals surface area contributed by atoms with E-state index >= 15 is 0 Å². The minimum Gasteiger partial charge on any atom is -0.491 e. The lowest BCUT2D eigenvalue weighted by molar-refractivity contribution is -0.131. The smallest absolute Gasteiger partial charge is 0.292 e. The predicted molar refractivity (Wildman–Crippen MR) is 88.0 cm³/mol. The second kappa shape index (κ2) is 9.17. The maximum absolute atomic E-state index is 13.3. The van der Waals surface area contributed by atoms with Crippen molar-refractivity contribution in [3.63, 3.8) is 0 Å². The molecule has 0 bridgehead atoms. The third-order valence-corrected chi connectivity index (χ3v) is 4.18. The highest BCUT2D eigenvalue weighted by molar-refractivity contribution is 5.92. The summed E-state index contributed by atoms with van der Waals surface area (Å²) in [5.74, 6) is -0.342. The molecule has 0 aromatic heterocycles. The maximum atomic E-state index is 13.3. The summed E-state index contributed by atoms with van der Waals surface area (Å²) in [7, 11) is 0. The van der Waals surface area contributed by atoms with E-state index < -0.39 is 11.6 Å². The van der Waals surface area contributed by atoms with Gasteiger partial charge in [0.1, 0.15) is 30.6 Å². The van der Waals surface area contributed by atoms with Crippen LogP contribution >= 0.6 is 0 Å². The van der Waals surface area contributed by atoms with Crippen LogP contribution in [0.25, 0.3) is 0 Å². The number of hydrogen-bond donors (Lipinski definition) is 1. The quantitative estimate of drug-likeness (QED) is 0.828. The molecule has 2 aliphatic heterocycles. The Balaban J connectivity index is 0.000000758. The van der Waals surface area contributed by atoms with E-state index in [4.69, 9.17) is 19.4 Å². The van der Waals surface area contributed by atoms with Crippen LogP contribution in [0.15, 0.2) is 29.7 Å². The molecule has 0 aliphatic carbocycles. The molecule has 8 heteroatoms. The van der Waals surface area contributed by atoms with E-state index in [1.165, 1.54) is 12.1 Å². The highest BCUT2D eigenvalue weighted by Gasteiger charge is 2.31. The molecule has 2 aliphatic rings. The van der Waals surface area contributed by atoms with Crippen LogP contribution in [0.4, 0.5) is 8.78 Å². The Morgan fingerprint density at radius 3 is 2.50 bits per heavy atom. The van der Waals surface area contributed by atoms with Crippen LogP contribution in [-0.2, 0) is 25.5 Å². The van der Waals surface area contributed by atoms with Gasteiger partial charge in [0.15, 0.2) is 0 Å². The Hall–Kier alpha value is -2.64. The van der Waals surface area contributed by atoms with Gasteiger partial charge in [0.25, 0.3) is 12.4 Å². The predicted octanol–water partition coefficient (Wildman–Crippen LogP) is 2.33. The number of benzene rings is 1. The van der Waals surface area contributed by atoms with Gasteiger partial charge in [-0.25, -0.2) is 8.78 Å². The molecule has 1 aromatic carbocycles. The van der Waals surface area contributed by atoms with E-state index in [2.05, 4.69) is 0 Å². The van der Waals surface area contributed by atoms with Crippen LogP contribution in [0.2, 0.25) is 0 Å². The Morgan fingerprint density at radius 2 is 1.88 bits per heavy atom. The topological polar surface area (TPSA) is 76.1 Å². The number of ether oxygens (including phenoxy) is 2. The zero-order chi connectivity index (χ0) is 19.1. The average molecular weight is 369 g/mol. The van der Waals surface area contributed by atoms with Crippen LogP contribution in [0.1, 0.15) is 18.9 Å². The lowest BCUT2D eigenvalue weighted by Gasteiger charge is -2.23. The van der Waals surface area contributed by atoms with Crippen molar-refractivity contribution in [2.24, 2.45) is 5.92 Å². The zero-order valence-electron chi connectivity index (χ0n) is 14.4. The first kappa shape index (κ1) is 19.7. The SMILES string of the molecule is CC1=C(C(=O)N2CCC(Cc3cc(F)cc(F)c3)C2)OCCO1.O=CO. The number of nitrogens with zero attached hydrogens (tertiary/aromatic N) is 1.